The summed E-state index contributed by atoms with van der Waals surface area (Å²) in [5.41, 5.74) is 2.79. The molecule has 0 saturated heterocycles. The number of hydrogen-bond acceptors (Lipinski definition) is 2. The molecule has 1 aromatic rings. The molecule has 16 heavy (non-hydrogen) atoms. The van der Waals surface area contributed by atoms with Gasteiger partial charge in [0.15, 0.2) is 0 Å². The Morgan fingerprint density at radius 2 is 1.94 bits per heavy atom. The zero-order valence-electron chi connectivity index (χ0n) is 9.41. The second-order valence-corrected chi connectivity index (χ2v) is 4.53. The molecule has 1 fully saturated rings. The molecule has 0 unspecified atom stereocenters. The Bertz CT molecular complexity index is 390. The molecule has 1 N–H and O–H groups in total. The molecule has 0 aromatic heterocycles. The van der Waals surface area contributed by atoms with Gasteiger partial charge in [0.1, 0.15) is 5.75 Å². The van der Waals surface area contributed by atoms with E-state index in [2.05, 4.69) is 35.7 Å². The fourth-order valence-corrected chi connectivity index (χ4v) is 2.01. The van der Waals surface area contributed by atoms with Gasteiger partial charge in [-0.25, -0.2) is 0 Å². The lowest BCUT2D eigenvalue weighted by molar-refractivity contribution is 0.303. The Morgan fingerprint density at radius 1 is 1.12 bits per heavy atom. The van der Waals surface area contributed by atoms with Crippen LogP contribution in [0.2, 0.25) is 0 Å². The van der Waals surface area contributed by atoms with Crippen LogP contribution in [0.5, 0.6) is 5.75 Å². The fraction of sp³-hybridized carbons (Fsp3) is 0.429. The van der Waals surface area contributed by atoms with E-state index in [1.54, 1.807) is 0 Å². The van der Waals surface area contributed by atoms with Gasteiger partial charge in [0, 0.05) is 6.54 Å². The highest BCUT2D eigenvalue weighted by Gasteiger charge is 2.23. The number of nitrogens with one attached hydrogen (secondary N) is 1. The molecule has 2 aliphatic rings. The molecule has 0 atom stereocenters. The first-order valence-electron chi connectivity index (χ1n) is 6.09. The van der Waals surface area contributed by atoms with Crippen molar-refractivity contribution >= 4 is 5.57 Å². The quantitative estimate of drug-likeness (QED) is 0.836. The Morgan fingerprint density at radius 3 is 2.56 bits per heavy atom. The standard InChI is InChI=1S/C14H17NO/c1-3-13(16-14-5-6-14)4-2-11(1)12-7-9-15-10-8-12/h1-4,7,14-15H,5-6,8-10H2. The minimum Gasteiger partial charge on any atom is -0.490 e. The van der Waals surface area contributed by atoms with E-state index < -0.39 is 0 Å². The van der Waals surface area contributed by atoms with Gasteiger partial charge in [0.2, 0.25) is 0 Å². The Hall–Kier alpha value is -1.28. The van der Waals surface area contributed by atoms with Gasteiger partial charge >= 0.3 is 0 Å². The minimum absolute atomic E-state index is 0.490. The zero-order valence-corrected chi connectivity index (χ0v) is 9.41. The topological polar surface area (TPSA) is 21.3 Å². The van der Waals surface area contributed by atoms with Crippen LogP contribution in [-0.2, 0) is 0 Å². The summed E-state index contributed by atoms with van der Waals surface area (Å²) in [5, 5.41) is 3.33. The van der Waals surface area contributed by atoms with Crippen molar-refractivity contribution in [3.8, 4) is 5.75 Å². The van der Waals surface area contributed by atoms with Crippen LogP contribution in [0, 0.1) is 0 Å². The predicted octanol–water partition coefficient (Wildman–Crippen LogP) is 2.60. The highest BCUT2D eigenvalue weighted by molar-refractivity contribution is 5.67. The molecule has 0 spiro atoms. The normalized spacial score (nSPS) is 20.4. The van der Waals surface area contributed by atoms with Crippen molar-refractivity contribution in [2.24, 2.45) is 0 Å². The Balaban J connectivity index is 1.72. The van der Waals surface area contributed by atoms with Gasteiger partial charge in [-0.15, -0.1) is 0 Å². The summed E-state index contributed by atoms with van der Waals surface area (Å²) in [7, 11) is 0. The SMILES string of the molecule is C1=C(c2ccc(OC3CC3)cc2)CCNC1. The van der Waals surface area contributed by atoms with Gasteiger partial charge in [-0.2, -0.15) is 0 Å². The van der Waals surface area contributed by atoms with E-state index in [1.165, 1.54) is 24.0 Å². The number of hydrogen-bond donors (Lipinski definition) is 1. The molecular formula is C14H17NO. The third-order valence-corrected chi connectivity index (χ3v) is 3.12. The van der Waals surface area contributed by atoms with E-state index in [0.717, 1.165) is 25.3 Å². The summed E-state index contributed by atoms with van der Waals surface area (Å²) in [6.45, 7) is 2.09. The first-order chi connectivity index (χ1) is 7.92. The van der Waals surface area contributed by atoms with Crippen molar-refractivity contribution in [2.75, 3.05) is 13.1 Å². The molecule has 84 valence electrons. The molecule has 2 heteroatoms. The van der Waals surface area contributed by atoms with E-state index in [-0.39, 0.29) is 0 Å². The lowest BCUT2D eigenvalue weighted by Crippen LogP contribution is -2.19. The lowest BCUT2D eigenvalue weighted by atomic mass is 10.0. The molecule has 0 bridgehead atoms. The third-order valence-electron chi connectivity index (χ3n) is 3.12. The molecule has 0 amide bonds. The molecule has 1 aliphatic heterocycles. The molecule has 1 saturated carbocycles. The average molecular weight is 215 g/mol. The second-order valence-electron chi connectivity index (χ2n) is 4.53. The number of rotatable bonds is 3. The molecular weight excluding hydrogens is 198 g/mol. The summed E-state index contributed by atoms with van der Waals surface area (Å²) >= 11 is 0. The van der Waals surface area contributed by atoms with E-state index in [0.29, 0.717) is 6.10 Å². The molecule has 3 rings (SSSR count). The summed E-state index contributed by atoms with van der Waals surface area (Å²) in [6.07, 6.45) is 6.34. The van der Waals surface area contributed by atoms with E-state index in [4.69, 9.17) is 4.74 Å². The maximum Gasteiger partial charge on any atom is 0.119 e. The summed E-state index contributed by atoms with van der Waals surface area (Å²) < 4.78 is 5.74. The highest BCUT2D eigenvalue weighted by Crippen LogP contribution is 2.28. The molecule has 1 heterocycles. The van der Waals surface area contributed by atoms with Crippen LogP contribution >= 0.6 is 0 Å². The smallest absolute Gasteiger partial charge is 0.119 e. The van der Waals surface area contributed by atoms with Crippen LogP contribution in [-0.4, -0.2) is 19.2 Å². The first-order valence-corrected chi connectivity index (χ1v) is 6.09. The summed E-state index contributed by atoms with van der Waals surface area (Å²) in [6, 6.07) is 8.54. The number of benzene rings is 1. The van der Waals surface area contributed by atoms with Gasteiger partial charge < -0.3 is 10.1 Å². The van der Waals surface area contributed by atoms with Crippen molar-refractivity contribution < 1.29 is 4.74 Å². The molecule has 1 aromatic carbocycles. The summed E-state index contributed by atoms with van der Waals surface area (Å²) in [5.74, 6) is 1.01. The third kappa shape index (κ3) is 2.27. The summed E-state index contributed by atoms with van der Waals surface area (Å²) in [4.78, 5) is 0. The largest absolute Gasteiger partial charge is 0.490 e. The van der Waals surface area contributed by atoms with Crippen LogP contribution in [0.3, 0.4) is 0 Å². The highest BCUT2D eigenvalue weighted by atomic mass is 16.5. The molecule has 2 nitrogen and oxygen atoms in total. The van der Waals surface area contributed by atoms with Gasteiger partial charge in [-0.3, -0.25) is 0 Å². The van der Waals surface area contributed by atoms with Gasteiger partial charge in [0.05, 0.1) is 6.10 Å². The van der Waals surface area contributed by atoms with Gasteiger partial charge in [0.25, 0.3) is 0 Å². The van der Waals surface area contributed by atoms with Crippen LogP contribution in [0.25, 0.3) is 5.57 Å². The van der Waals surface area contributed by atoms with Gasteiger partial charge in [-0.1, -0.05) is 18.2 Å². The first kappa shape index (κ1) is 9.91. The monoisotopic (exact) mass is 215 g/mol. The van der Waals surface area contributed by atoms with Crippen molar-refractivity contribution in [3.05, 3.63) is 35.9 Å². The lowest BCUT2D eigenvalue weighted by Gasteiger charge is -2.14. The van der Waals surface area contributed by atoms with Crippen LogP contribution < -0.4 is 10.1 Å². The van der Waals surface area contributed by atoms with E-state index in [9.17, 15) is 0 Å². The molecule has 1 aliphatic carbocycles. The predicted molar refractivity (Wildman–Crippen MR) is 65.6 cm³/mol. The Labute approximate surface area is 96.3 Å². The van der Waals surface area contributed by atoms with E-state index >= 15 is 0 Å². The van der Waals surface area contributed by atoms with Crippen LogP contribution in [0.4, 0.5) is 0 Å². The fourth-order valence-electron chi connectivity index (χ4n) is 2.01. The minimum atomic E-state index is 0.490. The maximum absolute atomic E-state index is 5.74. The van der Waals surface area contributed by atoms with Gasteiger partial charge in [-0.05, 0) is 49.1 Å². The van der Waals surface area contributed by atoms with Crippen molar-refractivity contribution in [3.63, 3.8) is 0 Å². The van der Waals surface area contributed by atoms with Crippen LogP contribution in [0.15, 0.2) is 30.3 Å². The second kappa shape index (κ2) is 4.30. The maximum atomic E-state index is 5.74. The van der Waals surface area contributed by atoms with Crippen molar-refractivity contribution in [1.29, 1.82) is 0 Å². The van der Waals surface area contributed by atoms with E-state index in [1.807, 2.05) is 0 Å². The molecule has 0 radical (unpaired) electrons. The van der Waals surface area contributed by atoms with Crippen molar-refractivity contribution in [2.45, 2.75) is 25.4 Å². The van der Waals surface area contributed by atoms with Crippen molar-refractivity contribution in [1.82, 2.24) is 5.32 Å². The average Bonchev–Trinajstić information content (AvgIpc) is 3.15. The zero-order chi connectivity index (χ0) is 10.8. The Kier molecular flexibility index (Phi) is 2.66. The number of ether oxygens (including phenoxy) is 1. The van der Waals surface area contributed by atoms with Crippen LogP contribution in [0.1, 0.15) is 24.8 Å².